The summed E-state index contributed by atoms with van der Waals surface area (Å²) >= 11 is 3.48. The fourth-order valence-corrected chi connectivity index (χ4v) is 4.53. The van der Waals surface area contributed by atoms with Crippen molar-refractivity contribution in [1.82, 2.24) is 15.1 Å². The third kappa shape index (κ3) is 3.14. The number of aromatic nitrogens is 2. The van der Waals surface area contributed by atoms with E-state index in [1.165, 1.54) is 0 Å². The second kappa shape index (κ2) is 7.31. The lowest BCUT2D eigenvalue weighted by Crippen LogP contribution is -2.36. The molecule has 0 radical (unpaired) electrons. The summed E-state index contributed by atoms with van der Waals surface area (Å²) in [4.78, 5) is 15.2. The molecule has 29 heavy (non-hydrogen) atoms. The molecule has 1 amide bonds. The zero-order valence-corrected chi connectivity index (χ0v) is 17.2. The van der Waals surface area contributed by atoms with Crippen LogP contribution < -0.4 is 0 Å². The van der Waals surface area contributed by atoms with Gasteiger partial charge < -0.3 is 14.7 Å². The van der Waals surface area contributed by atoms with Gasteiger partial charge in [0.25, 0.3) is 5.91 Å². The van der Waals surface area contributed by atoms with Crippen molar-refractivity contribution in [3.63, 3.8) is 0 Å². The maximum atomic E-state index is 13.3. The first kappa shape index (κ1) is 18.4. The molecule has 2 atom stereocenters. The number of carbonyl (C=O) groups is 1. The third-order valence-corrected chi connectivity index (χ3v) is 6.16. The summed E-state index contributed by atoms with van der Waals surface area (Å²) in [6, 6.07) is 14.8. The minimum absolute atomic E-state index is 0.0439. The van der Waals surface area contributed by atoms with Crippen LogP contribution in [0.25, 0.3) is 11.3 Å². The van der Waals surface area contributed by atoms with Gasteiger partial charge in [-0.25, -0.2) is 0 Å². The number of carbonyl (C=O) groups excluding carboxylic acids is 1. The van der Waals surface area contributed by atoms with Crippen molar-refractivity contribution >= 4 is 21.8 Å². The molecule has 2 aliphatic rings. The number of benzene rings is 2. The smallest absolute Gasteiger partial charge is 0.273 e. The van der Waals surface area contributed by atoms with Crippen molar-refractivity contribution in [1.29, 1.82) is 0 Å². The van der Waals surface area contributed by atoms with Crippen LogP contribution in [0.1, 0.15) is 40.5 Å². The van der Waals surface area contributed by atoms with Gasteiger partial charge in [-0.3, -0.25) is 9.89 Å². The van der Waals surface area contributed by atoms with Crippen molar-refractivity contribution in [3.8, 4) is 17.0 Å². The first-order chi connectivity index (χ1) is 14.1. The molecule has 0 spiro atoms. The van der Waals surface area contributed by atoms with E-state index in [1.54, 1.807) is 12.1 Å². The predicted molar refractivity (Wildman–Crippen MR) is 112 cm³/mol. The lowest BCUT2D eigenvalue weighted by molar-refractivity contribution is 0.0495. The van der Waals surface area contributed by atoms with Crippen LogP contribution in [-0.4, -0.2) is 45.4 Å². The average molecular weight is 454 g/mol. The standard InChI is InChI=1S/C22H20BrN3O3/c23-14-9-7-13(8-10-14)21-18-19(16-5-1-2-6-17(16)27)24-25-20(18)22(28)26(21)12-15-4-3-11-29-15/h1-2,5-10,15,21,27H,3-4,11-12H2,(H,24,25)/t15-,21-/m0/s1. The number of nitrogens with zero attached hydrogens (tertiary/aromatic N) is 2. The highest BCUT2D eigenvalue weighted by Gasteiger charge is 2.43. The normalized spacial score (nSPS) is 21.0. The summed E-state index contributed by atoms with van der Waals surface area (Å²) in [7, 11) is 0. The lowest BCUT2D eigenvalue weighted by atomic mass is 9.95. The monoisotopic (exact) mass is 453 g/mol. The second-order valence-corrected chi connectivity index (χ2v) is 8.34. The van der Waals surface area contributed by atoms with Crippen molar-refractivity contribution in [3.05, 3.63) is 69.8 Å². The molecular formula is C22H20BrN3O3. The van der Waals surface area contributed by atoms with E-state index < -0.39 is 0 Å². The molecule has 148 valence electrons. The number of fused-ring (bicyclic) bond motifs is 1. The maximum absolute atomic E-state index is 13.3. The first-order valence-corrected chi connectivity index (χ1v) is 10.5. The number of amides is 1. The van der Waals surface area contributed by atoms with Crippen LogP contribution in [0.3, 0.4) is 0 Å². The van der Waals surface area contributed by atoms with Crippen LogP contribution in [0, 0.1) is 0 Å². The summed E-state index contributed by atoms with van der Waals surface area (Å²) in [5, 5.41) is 17.7. The predicted octanol–water partition coefficient (Wildman–Crippen LogP) is 4.27. The van der Waals surface area contributed by atoms with Crippen LogP contribution in [0.2, 0.25) is 0 Å². The molecule has 1 fully saturated rings. The molecule has 0 unspecified atom stereocenters. The van der Waals surface area contributed by atoms with Gasteiger partial charge in [0.15, 0.2) is 0 Å². The SMILES string of the molecule is O=C1c2[nH]nc(-c3ccccc3O)c2[C@H](c2ccc(Br)cc2)N1C[C@@H]1CCCO1. The lowest BCUT2D eigenvalue weighted by Gasteiger charge is -2.28. The van der Waals surface area contributed by atoms with Gasteiger partial charge >= 0.3 is 0 Å². The van der Waals surface area contributed by atoms with Crippen LogP contribution in [0.5, 0.6) is 5.75 Å². The van der Waals surface area contributed by atoms with Gasteiger partial charge in [-0.15, -0.1) is 0 Å². The maximum Gasteiger partial charge on any atom is 0.273 e. The number of rotatable bonds is 4. The first-order valence-electron chi connectivity index (χ1n) is 9.68. The number of halogens is 1. The molecule has 5 rings (SSSR count). The molecule has 2 aliphatic heterocycles. The van der Waals surface area contributed by atoms with Gasteiger partial charge in [-0.05, 0) is 42.7 Å². The number of aromatic hydroxyl groups is 1. The number of H-pyrrole nitrogens is 1. The number of hydrogen-bond acceptors (Lipinski definition) is 4. The van der Waals surface area contributed by atoms with E-state index in [4.69, 9.17) is 4.74 Å². The molecule has 1 aromatic heterocycles. The van der Waals surface area contributed by atoms with E-state index in [1.807, 2.05) is 41.3 Å². The highest BCUT2D eigenvalue weighted by molar-refractivity contribution is 9.10. The number of phenols is 1. The number of nitrogens with one attached hydrogen (secondary N) is 1. The Kier molecular flexibility index (Phi) is 4.64. The van der Waals surface area contributed by atoms with Crippen molar-refractivity contribution in [2.24, 2.45) is 0 Å². The number of phenolic OH excluding ortho intramolecular Hbond substituents is 1. The minimum atomic E-state index is -0.289. The topological polar surface area (TPSA) is 78.5 Å². The van der Waals surface area contributed by atoms with E-state index in [0.717, 1.165) is 35.0 Å². The minimum Gasteiger partial charge on any atom is -0.507 e. The molecule has 0 bridgehead atoms. The summed E-state index contributed by atoms with van der Waals surface area (Å²) in [5.41, 5.74) is 3.50. The molecule has 3 aromatic rings. The Morgan fingerprint density at radius 1 is 1.21 bits per heavy atom. The van der Waals surface area contributed by atoms with E-state index in [9.17, 15) is 9.90 Å². The Balaban J connectivity index is 1.64. The van der Waals surface area contributed by atoms with Gasteiger partial charge in [0.05, 0.1) is 12.1 Å². The van der Waals surface area contributed by atoms with Gasteiger partial charge in [0.2, 0.25) is 0 Å². The zero-order chi connectivity index (χ0) is 20.0. The summed E-state index contributed by atoms with van der Waals surface area (Å²) < 4.78 is 6.79. The van der Waals surface area contributed by atoms with Crippen molar-refractivity contribution in [2.45, 2.75) is 25.0 Å². The van der Waals surface area contributed by atoms with E-state index >= 15 is 0 Å². The third-order valence-electron chi connectivity index (χ3n) is 5.63. The number of aromatic amines is 1. The average Bonchev–Trinajstić information content (AvgIpc) is 3.44. The molecule has 0 saturated carbocycles. The highest BCUT2D eigenvalue weighted by Crippen LogP contribution is 2.44. The summed E-state index contributed by atoms with van der Waals surface area (Å²) in [6.07, 6.45) is 2.02. The Morgan fingerprint density at radius 2 is 2.00 bits per heavy atom. The Labute approximate surface area is 176 Å². The van der Waals surface area contributed by atoms with E-state index in [-0.39, 0.29) is 23.8 Å². The fraction of sp³-hybridized carbons (Fsp3) is 0.273. The highest BCUT2D eigenvalue weighted by atomic mass is 79.9. The molecule has 0 aliphatic carbocycles. The summed E-state index contributed by atoms with van der Waals surface area (Å²) in [5.74, 6) is 0.0546. The van der Waals surface area contributed by atoms with Crippen molar-refractivity contribution in [2.75, 3.05) is 13.2 Å². The Hall–Kier alpha value is -2.64. The van der Waals surface area contributed by atoms with Crippen LogP contribution in [-0.2, 0) is 4.74 Å². The van der Waals surface area contributed by atoms with Crippen LogP contribution >= 0.6 is 15.9 Å². The largest absolute Gasteiger partial charge is 0.507 e. The van der Waals surface area contributed by atoms with Gasteiger partial charge in [0, 0.05) is 28.8 Å². The Morgan fingerprint density at radius 3 is 2.72 bits per heavy atom. The van der Waals surface area contributed by atoms with Crippen LogP contribution in [0.4, 0.5) is 0 Å². The summed E-state index contributed by atoms with van der Waals surface area (Å²) in [6.45, 7) is 1.27. The molecule has 2 N–H and O–H groups in total. The van der Waals surface area contributed by atoms with Gasteiger partial charge in [0.1, 0.15) is 17.1 Å². The molecule has 3 heterocycles. The number of ether oxygens (including phenoxy) is 1. The zero-order valence-electron chi connectivity index (χ0n) is 15.6. The van der Waals surface area contributed by atoms with Crippen molar-refractivity contribution < 1.29 is 14.6 Å². The second-order valence-electron chi connectivity index (χ2n) is 7.42. The van der Waals surface area contributed by atoms with Crippen LogP contribution in [0.15, 0.2) is 53.0 Å². The molecule has 6 nitrogen and oxygen atoms in total. The van der Waals surface area contributed by atoms with E-state index in [0.29, 0.717) is 23.5 Å². The molecule has 2 aromatic carbocycles. The van der Waals surface area contributed by atoms with Gasteiger partial charge in [-0.1, -0.05) is 40.2 Å². The fourth-order valence-electron chi connectivity index (χ4n) is 4.26. The van der Waals surface area contributed by atoms with Gasteiger partial charge in [-0.2, -0.15) is 5.10 Å². The molecule has 1 saturated heterocycles. The number of hydrogen-bond donors (Lipinski definition) is 2. The number of para-hydroxylation sites is 1. The Bertz CT molecular complexity index is 1060. The molecular weight excluding hydrogens is 434 g/mol. The quantitative estimate of drug-likeness (QED) is 0.618. The molecule has 7 heteroatoms. The van der Waals surface area contributed by atoms with E-state index in [2.05, 4.69) is 26.1 Å².